The number of aryl methyl sites for hydroxylation is 2. The van der Waals surface area contributed by atoms with Crippen molar-refractivity contribution in [2.45, 2.75) is 26.3 Å². The van der Waals surface area contributed by atoms with Crippen LogP contribution in [0.25, 0.3) is 27.5 Å². The minimum atomic E-state index is -0.160. The Bertz CT molecular complexity index is 1760. The van der Waals surface area contributed by atoms with Gasteiger partial charge in [0.05, 0.1) is 34.2 Å². The van der Waals surface area contributed by atoms with Gasteiger partial charge in [-0.2, -0.15) is 5.10 Å². The van der Waals surface area contributed by atoms with E-state index in [0.717, 1.165) is 61.9 Å². The molecule has 0 spiro atoms. The monoisotopic (exact) mass is 616 g/mol. The summed E-state index contributed by atoms with van der Waals surface area (Å²) in [5.74, 6) is 0.530. The first-order valence-corrected chi connectivity index (χ1v) is 14.2. The Morgan fingerprint density at radius 1 is 1.20 bits per heavy atom. The van der Waals surface area contributed by atoms with Crippen LogP contribution >= 0.6 is 27.3 Å². The first-order valence-electron chi connectivity index (χ1n) is 12.6. The summed E-state index contributed by atoms with van der Waals surface area (Å²) >= 11 is 5.16. The van der Waals surface area contributed by atoms with Gasteiger partial charge in [-0.15, -0.1) is 0 Å². The van der Waals surface area contributed by atoms with E-state index in [9.17, 15) is 9.59 Å². The molecule has 0 atom stereocenters. The fourth-order valence-electron chi connectivity index (χ4n) is 4.85. The number of halogens is 1. The summed E-state index contributed by atoms with van der Waals surface area (Å²) in [7, 11) is 3.67. The van der Waals surface area contributed by atoms with Crippen molar-refractivity contribution in [3.63, 3.8) is 0 Å². The number of thiazole rings is 1. The number of rotatable bonds is 6. The van der Waals surface area contributed by atoms with Crippen molar-refractivity contribution >= 4 is 44.2 Å². The van der Waals surface area contributed by atoms with Gasteiger partial charge in [-0.3, -0.25) is 14.6 Å². The number of aromatic nitrogens is 6. The van der Waals surface area contributed by atoms with Crippen molar-refractivity contribution in [3.8, 4) is 27.5 Å². The normalized spacial score (nSPS) is 12.1. The van der Waals surface area contributed by atoms with Crippen LogP contribution in [0.15, 0.2) is 59.6 Å². The molecule has 1 aliphatic rings. The number of imidazole rings is 1. The third-order valence-corrected chi connectivity index (χ3v) is 8.45. The Kier molecular flexibility index (Phi) is 6.80. The van der Waals surface area contributed by atoms with Gasteiger partial charge in [-0.1, -0.05) is 11.3 Å². The number of pyridine rings is 1. The number of anilines is 1. The highest BCUT2D eigenvalue weighted by Gasteiger charge is 2.30. The summed E-state index contributed by atoms with van der Waals surface area (Å²) in [6.07, 6.45) is 8.63. The Morgan fingerprint density at radius 2 is 2.05 bits per heavy atom. The standard InChI is InChI=1S/C28H25BrN8O2S/c1-16(38)32-28-33-21-8-7-19-24(18-5-4-10-30-14-18)34-37(25(19)26(21)40-28)22-9-6-17(13-20(22)29)27(39)36(3)15-23-31-11-12-35(23)2/h4-6,9-14H,7-8,15H2,1-3H3,(H,32,33,38). The van der Waals surface area contributed by atoms with Crippen molar-refractivity contribution < 1.29 is 9.59 Å². The molecule has 1 N–H and O–H groups in total. The zero-order chi connectivity index (χ0) is 28.0. The number of nitrogens with zero attached hydrogens (tertiary/aromatic N) is 7. The lowest BCUT2D eigenvalue weighted by Crippen LogP contribution is -2.27. The Hall–Kier alpha value is -4.16. The van der Waals surface area contributed by atoms with Gasteiger partial charge in [0.1, 0.15) is 5.82 Å². The van der Waals surface area contributed by atoms with Crippen molar-refractivity contribution in [3.05, 3.63) is 82.2 Å². The van der Waals surface area contributed by atoms with E-state index in [1.807, 2.05) is 59.0 Å². The van der Waals surface area contributed by atoms with Crippen LogP contribution in [0, 0.1) is 0 Å². The van der Waals surface area contributed by atoms with Gasteiger partial charge in [-0.05, 0) is 59.1 Å². The molecule has 40 heavy (non-hydrogen) atoms. The van der Waals surface area contributed by atoms with Crippen LogP contribution in [-0.4, -0.2) is 53.1 Å². The summed E-state index contributed by atoms with van der Waals surface area (Å²) in [4.78, 5) is 40.9. The van der Waals surface area contributed by atoms with E-state index in [1.54, 1.807) is 24.3 Å². The van der Waals surface area contributed by atoms with E-state index in [-0.39, 0.29) is 11.8 Å². The molecule has 0 unspecified atom stereocenters. The van der Waals surface area contributed by atoms with Crippen molar-refractivity contribution in [2.75, 3.05) is 12.4 Å². The van der Waals surface area contributed by atoms with Crippen molar-refractivity contribution in [2.24, 2.45) is 7.05 Å². The van der Waals surface area contributed by atoms with E-state index < -0.39 is 0 Å². The molecule has 10 nitrogen and oxygen atoms in total. The molecule has 5 aromatic rings. The van der Waals surface area contributed by atoms with Gasteiger partial charge in [0, 0.05) is 67.0 Å². The first kappa shape index (κ1) is 26.1. The lowest BCUT2D eigenvalue weighted by molar-refractivity contribution is -0.114. The Labute approximate surface area is 242 Å². The average molecular weight is 618 g/mol. The second-order valence-corrected chi connectivity index (χ2v) is 11.4. The minimum absolute atomic E-state index is 0.113. The maximum Gasteiger partial charge on any atom is 0.254 e. The molecule has 0 radical (unpaired) electrons. The minimum Gasteiger partial charge on any atom is -0.337 e. The molecular weight excluding hydrogens is 592 g/mol. The van der Waals surface area contributed by atoms with Crippen molar-refractivity contribution in [1.29, 1.82) is 0 Å². The molecule has 0 fully saturated rings. The first-order chi connectivity index (χ1) is 19.3. The van der Waals surface area contributed by atoms with Gasteiger partial charge in [0.2, 0.25) is 5.91 Å². The van der Waals surface area contributed by atoms with E-state index in [0.29, 0.717) is 17.2 Å². The quantitative estimate of drug-likeness (QED) is 0.291. The molecule has 6 rings (SSSR count). The van der Waals surface area contributed by atoms with Gasteiger partial charge in [0.25, 0.3) is 5.91 Å². The van der Waals surface area contributed by atoms with Crippen LogP contribution in [0.5, 0.6) is 0 Å². The Morgan fingerprint density at radius 3 is 2.75 bits per heavy atom. The number of amides is 2. The predicted molar refractivity (Wildman–Crippen MR) is 156 cm³/mol. The number of carbonyl (C=O) groups excluding carboxylic acids is 2. The highest BCUT2D eigenvalue weighted by atomic mass is 79.9. The SMILES string of the molecule is CC(=O)Nc1nc2c(s1)-c1c(c(-c3cccnc3)nn1-c1ccc(C(=O)N(C)Cc3nccn3C)cc1Br)CC2. The number of nitrogens with one attached hydrogen (secondary N) is 1. The second-order valence-electron chi connectivity index (χ2n) is 9.59. The summed E-state index contributed by atoms with van der Waals surface area (Å²) in [5, 5.41) is 8.45. The number of carbonyl (C=O) groups is 2. The second kappa shape index (κ2) is 10.4. The smallest absolute Gasteiger partial charge is 0.254 e. The molecule has 4 heterocycles. The summed E-state index contributed by atoms with van der Waals surface area (Å²) in [6, 6.07) is 9.43. The number of hydrogen-bond donors (Lipinski definition) is 1. The van der Waals surface area contributed by atoms with Crippen LogP contribution in [0.2, 0.25) is 0 Å². The van der Waals surface area contributed by atoms with Gasteiger partial charge in [-0.25, -0.2) is 14.6 Å². The highest BCUT2D eigenvalue weighted by Crippen LogP contribution is 2.44. The largest absolute Gasteiger partial charge is 0.337 e. The number of fused-ring (bicyclic) bond motifs is 3. The molecular formula is C28H25BrN8O2S. The fraction of sp³-hybridized carbons (Fsp3) is 0.214. The topological polar surface area (TPSA) is 111 Å². The molecule has 0 saturated heterocycles. The van der Waals surface area contributed by atoms with Gasteiger partial charge < -0.3 is 14.8 Å². The molecule has 0 saturated carbocycles. The summed E-state index contributed by atoms with van der Waals surface area (Å²) in [6.45, 7) is 1.87. The third-order valence-electron chi connectivity index (χ3n) is 6.79. The van der Waals surface area contributed by atoms with E-state index in [1.165, 1.54) is 18.3 Å². The summed E-state index contributed by atoms with van der Waals surface area (Å²) < 4.78 is 4.53. The fourth-order valence-corrected chi connectivity index (χ4v) is 6.51. The van der Waals surface area contributed by atoms with Crippen LogP contribution in [0.3, 0.4) is 0 Å². The van der Waals surface area contributed by atoms with E-state index >= 15 is 0 Å². The van der Waals surface area contributed by atoms with E-state index in [4.69, 9.17) is 5.10 Å². The lowest BCUT2D eigenvalue weighted by Gasteiger charge is -2.18. The zero-order valence-electron chi connectivity index (χ0n) is 22.1. The molecule has 1 aliphatic carbocycles. The van der Waals surface area contributed by atoms with E-state index in [2.05, 4.69) is 36.2 Å². The summed E-state index contributed by atoms with van der Waals surface area (Å²) in [5.41, 5.74) is 6.07. The zero-order valence-corrected chi connectivity index (χ0v) is 24.5. The molecule has 1 aromatic carbocycles. The molecule has 202 valence electrons. The maximum atomic E-state index is 13.3. The van der Waals surface area contributed by atoms with Gasteiger partial charge >= 0.3 is 0 Å². The number of benzene rings is 1. The lowest BCUT2D eigenvalue weighted by atomic mass is 9.95. The molecule has 0 bridgehead atoms. The highest BCUT2D eigenvalue weighted by molar-refractivity contribution is 9.10. The molecule has 2 amide bonds. The third kappa shape index (κ3) is 4.73. The average Bonchev–Trinajstić information content (AvgIpc) is 3.64. The molecule has 0 aliphatic heterocycles. The van der Waals surface area contributed by atoms with Crippen LogP contribution in [0.4, 0.5) is 5.13 Å². The van der Waals surface area contributed by atoms with Crippen molar-refractivity contribution in [1.82, 2.24) is 34.2 Å². The van der Waals surface area contributed by atoms with Gasteiger partial charge in [0.15, 0.2) is 5.13 Å². The van der Waals surface area contributed by atoms with Crippen LogP contribution in [0.1, 0.15) is 34.4 Å². The maximum absolute atomic E-state index is 13.3. The Balaban J connectivity index is 1.42. The van der Waals surface area contributed by atoms with Crippen LogP contribution in [-0.2, 0) is 31.2 Å². The molecule has 4 aromatic heterocycles. The van der Waals surface area contributed by atoms with Crippen LogP contribution < -0.4 is 5.32 Å². The molecule has 12 heteroatoms. The number of hydrogen-bond acceptors (Lipinski definition) is 7. The predicted octanol–water partition coefficient (Wildman–Crippen LogP) is 4.88.